The molecule has 2 rings (SSSR count). The number of nitrogens with zero attached hydrogens (tertiary/aromatic N) is 1. The van der Waals surface area contributed by atoms with Gasteiger partial charge < -0.3 is 15.4 Å². The van der Waals surface area contributed by atoms with Crippen molar-refractivity contribution in [3.05, 3.63) is 29.8 Å². The maximum Gasteiger partial charge on any atom is 0.222 e. The third-order valence-corrected chi connectivity index (χ3v) is 4.68. The number of ether oxygens (including phenoxy) is 1. The van der Waals surface area contributed by atoms with Crippen LogP contribution in [0.15, 0.2) is 24.3 Å². The van der Waals surface area contributed by atoms with E-state index in [9.17, 15) is 4.79 Å². The van der Waals surface area contributed by atoms with E-state index in [0.717, 1.165) is 44.5 Å². The number of hydrogen-bond acceptors (Lipinski definition) is 3. The van der Waals surface area contributed by atoms with Gasteiger partial charge in [0.2, 0.25) is 5.91 Å². The average Bonchev–Trinajstić information content (AvgIpc) is 2.54. The molecule has 5 heteroatoms. The molecule has 0 spiro atoms. The molecule has 2 N–H and O–H groups in total. The van der Waals surface area contributed by atoms with Crippen LogP contribution in [0.5, 0.6) is 5.75 Å². The van der Waals surface area contributed by atoms with Crippen molar-refractivity contribution in [3.63, 3.8) is 0 Å². The van der Waals surface area contributed by atoms with Gasteiger partial charge in [-0.25, -0.2) is 0 Å². The van der Waals surface area contributed by atoms with E-state index < -0.39 is 0 Å². The molecule has 1 atom stereocenters. The number of aryl methyl sites for hydroxylation is 1. The van der Waals surface area contributed by atoms with Crippen molar-refractivity contribution >= 4 is 18.3 Å². The molecule has 0 bridgehead atoms. The van der Waals surface area contributed by atoms with Crippen LogP contribution in [0, 0.1) is 12.8 Å². The fourth-order valence-electron chi connectivity index (χ4n) is 3.11. The maximum atomic E-state index is 12.2. The van der Waals surface area contributed by atoms with Crippen LogP contribution in [-0.2, 0) is 4.79 Å². The van der Waals surface area contributed by atoms with E-state index in [0.29, 0.717) is 18.9 Å². The zero-order chi connectivity index (χ0) is 16.7. The van der Waals surface area contributed by atoms with Crippen LogP contribution in [0.25, 0.3) is 0 Å². The van der Waals surface area contributed by atoms with Gasteiger partial charge in [0, 0.05) is 25.6 Å². The minimum Gasteiger partial charge on any atom is -0.494 e. The number of nitrogens with two attached hydrogens (primary N) is 1. The highest BCUT2D eigenvalue weighted by atomic mass is 35.5. The zero-order valence-corrected chi connectivity index (χ0v) is 15.7. The molecular formula is C19H31ClN2O2. The van der Waals surface area contributed by atoms with Crippen molar-refractivity contribution in [1.29, 1.82) is 0 Å². The number of carbonyl (C=O) groups excluding carboxylic acids is 1. The Bertz CT molecular complexity index is 500. The molecule has 0 saturated carbocycles. The van der Waals surface area contributed by atoms with Crippen LogP contribution in [0.3, 0.4) is 0 Å². The van der Waals surface area contributed by atoms with Crippen molar-refractivity contribution in [2.24, 2.45) is 11.7 Å². The van der Waals surface area contributed by atoms with Gasteiger partial charge in [-0.2, -0.15) is 0 Å². The highest BCUT2D eigenvalue weighted by Gasteiger charge is 2.24. The smallest absolute Gasteiger partial charge is 0.222 e. The highest BCUT2D eigenvalue weighted by molar-refractivity contribution is 5.85. The molecule has 1 amide bonds. The molecule has 24 heavy (non-hydrogen) atoms. The first kappa shape index (κ1) is 20.8. The minimum atomic E-state index is 0. The number of halogens is 1. The Morgan fingerprint density at radius 3 is 2.67 bits per heavy atom. The lowest BCUT2D eigenvalue weighted by Gasteiger charge is -2.33. The molecule has 1 aromatic carbocycles. The largest absolute Gasteiger partial charge is 0.494 e. The summed E-state index contributed by atoms with van der Waals surface area (Å²) >= 11 is 0. The first-order valence-corrected chi connectivity index (χ1v) is 8.79. The predicted molar refractivity (Wildman–Crippen MR) is 101 cm³/mol. The molecule has 0 radical (unpaired) electrons. The Morgan fingerprint density at radius 2 is 2.04 bits per heavy atom. The number of likely N-dealkylation sites (tertiary alicyclic amines) is 1. The van der Waals surface area contributed by atoms with Crippen LogP contribution in [0.4, 0.5) is 0 Å². The Kier molecular flexibility index (Phi) is 9.16. The number of amides is 1. The van der Waals surface area contributed by atoms with Gasteiger partial charge in [-0.3, -0.25) is 4.79 Å². The molecule has 4 nitrogen and oxygen atoms in total. The van der Waals surface area contributed by atoms with Crippen LogP contribution in [0.2, 0.25) is 0 Å². The number of piperidine rings is 1. The van der Waals surface area contributed by atoms with E-state index in [2.05, 4.69) is 19.9 Å². The van der Waals surface area contributed by atoms with Gasteiger partial charge in [0.25, 0.3) is 0 Å². The van der Waals surface area contributed by atoms with E-state index in [1.807, 2.05) is 23.1 Å². The monoisotopic (exact) mass is 354 g/mol. The minimum absolute atomic E-state index is 0. The molecule has 1 fully saturated rings. The second-order valence-electron chi connectivity index (χ2n) is 6.70. The normalized spacial score (nSPS) is 16.4. The fourth-order valence-corrected chi connectivity index (χ4v) is 3.11. The maximum absolute atomic E-state index is 12.2. The lowest BCUT2D eigenvalue weighted by atomic mass is 9.91. The molecular weight excluding hydrogens is 324 g/mol. The second-order valence-corrected chi connectivity index (χ2v) is 6.70. The summed E-state index contributed by atoms with van der Waals surface area (Å²) in [6, 6.07) is 8.31. The van der Waals surface area contributed by atoms with E-state index >= 15 is 0 Å². The summed E-state index contributed by atoms with van der Waals surface area (Å²) in [5.41, 5.74) is 7.14. The van der Waals surface area contributed by atoms with Gasteiger partial charge >= 0.3 is 0 Å². The lowest BCUT2D eigenvalue weighted by molar-refractivity contribution is -0.132. The molecule has 1 aliphatic rings. The fraction of sp³-hybridized carbons (Fsp3) is 0.632. The van der Waals surface area contributed by atoms with Gasteiger partial charge in [-0.1, -0.05) is 12.1 Å². The van der Waals surface area contributed by atoms with E-state index in [4.69, 9.17) is 10.5 Å². The first-order chi connectivity index (χ1) is 11.1. The van der Waals surface area contributed by atoms with Gasteiger partial charge in [-0.05, 0) is 63.1 Å². The highest BCUT2D eigenvalue weighted by Crippen LogP contribution is 2.20. The molecule has 1 saturated heterocycles. The molecule has 136 valence electrons. The van der Waals surface area contributed by atoms with E-state index in [1.165, 1.54) is 5.56 Å². The van der Waals surface area contributed by atoms with E-state index in [1.54, 1.807) is 0 Å². The summed E-state index contributed by atoms with van der Waals surface area (Å²) < 4.78 is 5.72. The van der Waals surface area contributed by atoms with Crippen LogP contribution in [-0.4, -0.2) is 36.5 Å². The molecule has 0 aliphatic carbocycles. The van der Waals surface area contributed by atoms with Crippen LogP contribution < -0.4 is 10.5 Å². The first-order valence-electron chi connectivity index (χ1n) is 8.79. The standard InChI is InChI=1S/C19H30N2O2.ClH/c1-15-6-5-7-18(14-15)23-13-4-3-8-19(22)21-11-9-17(10-12-21)16(2)20;/h5-7,14,16-17H,3-4,8-13,20H2,1-2H3;1H. The van der Waals surface area contributed by atoms with Crippen molar-refractivity contribution in [2.45, 2.75) is 52.0 Å². The molecule has 1 heterocycles. The van der Waals surface area contributed by atoms with Crippen molar-refractivity contribution in [1.82, 2.24) is 4.90 Å². The van der Waals surface area contributed by atoms with Gasteiger partial charge in [0.1, 0.15) is 5.75 Å². The topological polar surface area (TPSA) is 55.6 Å². The van der Waals surface area contributed by atoms with Crippen LogP contribution in [0.1, 0.15) is 44.6 Å². The Hall–Kier alpha value is -1.26. The second kappa shape index (κ2) is 10.6. The van der Waals surface area contributed by atoms with E-state index in [-0.39, 0.29) is 24.4 Å². The van der Waals surface area contributed by atoms with Crippen molar-refractivity contribution in [2.75, 3.05) is 19.7 Å². The number of carbonyl (C=O) groups is 1. The lowest BCUT2D eigenvalue weighted by Crippen LogP contribution is -2.42. The predicted octanol–water partition coefficient (Wildman–Crippen LogP) is 3.55. The number of unbranched alkanes of at least 4 members (excludes halogenated alkanes) is 1. The summed E-state index contributed by atoms with van der Waals surface area (Å²) in [4.78, 5) is 14.2. The molecule has 1 unspecified atom stereocenters. The van der Waals surface area contributed by atoms with Gasteiger partial charge in [0.05, 0.1) is 6.61 Å². The molecule has 0 aromatic heterocycles. The number of hydrogen-bond donors (Lipinski definition) is 1. The summed E-state index contributed by atoms with van der Waals surface area (Å²) in [7, 11) is 0. The quantitative estimate of drug-likeness (QED) is 0.762. The zero-order valence-electron chi connectivity index (χ0n) is 14.9. The summed E-state index contributed by atoms with van der Waals surface area (Å²) in [6.45, 7) is 6.52. The molecule has 1 aromatic rings. The Balaban J connectivity index is 0.00000288. The SMILES string of the molecule is Cc1cccc(OCCCCC(=O)N2CCC(C(C)N)CC2)c1.Cl. The summed E-state index contributed by atoms with van der Waals surface area (Å²) in [5, 5.41) is 0. The van der Waals surface area contributed by atoms with Gasteiger partial charge in [0.15, 0.2) is 0 Å². The third-order valence-electron chi connectivity index (χ3n) is 4.68. The summed E-state index contributed by atoms with van der Waals surface area (Å²) in [5.74, 6) is 1.76. The molecule has 1 aliphatic heterocycles. The van der Waals surface area contributed by atoms with Crippen molar-refractivity contribution < 1.29 is 9.53 Å². The number of benzene rings is 1. The average molecular weight is 355 g/mol. The van der Waals surface area contributed by atoms with Crippen LogP contribution >= 0.6 is 12.4 Å². The third kappa shape index (κ3) is 6.70. The van der Waals surface area contributed by atoms with Gasteiger partial charge in [-0.15, -0.1) is 12.4 Å². The number of rotatable bonds is 7. The Morgan fingerprint density at radius 1 is 1.33 bits per heavy atom. The van der Waals surface area contributed by atoms with Crippen molar-refractivity contribution in [3.8, 4) is 5.75 Å². The summed E-state index contributed by atoms with van der Waals surface area (Å²) in [6.07, 6.45) is 4.51. The Labute approximate surface area is 152 Å².